The second-order valence-corrected chi connectivity index (χ2v) is 5.85. The van der Waals surface area contributed by atoms with Crippen LogP contribution in [-0.4, -0.2) is 21.5 Å². The van der Waals surface area contributed by atoms with Gasteiger partial charge in [0.2, 0.25) is 0 Å². The summed E-state index contributed by atoms with van der Waals surface area (Å²) in [6.45, 7) is 7.30. The van der Waals surface area contributed by atoms with Crippen LogP contribution in [0.25, 0.3) is 0 Å². The standard InChI is InChI=1S/C14H20N4S/c1-4-6-15-12(14-16-7-5-8-17-14)9-13-18-10(2)11(3)19-13/h5,7-8,12,15H,4,6,9H2,1-3H3. The third-order valence-electron chi connectivity index (χ3n) is 2.99. The molecule has 0 aliphatic rings. The number of nitrogens with one attached hydrogen (secondary N) is 1. The summed E-state index contributed by atoms with van der Waals surface area (Å²) in [5.41, 5.74) is 1.13. The van der Waals surface area contributed by atoms with Crippen LogP contribution in [0.5, 0.6) is 0 Å². The molecule has 0 fully saturated rings. The number of aromatic nitrogens is 3. The Bertz CT molecular complexity index is 490. The molecule has 0 aliphatic carbocycles. The zero-order valence-corrected chi connectivity index (χ0v) is 12.5. The molecule has 0 amide bonds. The van der Waals surface area contributed by atoms with Gasteiger partial charge in [-0.05, 0) is 32.9 Å². The minimum Gasteiger partial charge on any atom is -0.307 e. The van der Waals surface area contributed by atoms with Gasteiger partial charge in [0.25, 0.3) is 0 Å². The van der Waals surface area contributed by atoms with Crippen molar-refractivity contribution in [3.63, 3.8) is 0 Å². The molecule has 19 heavy (non-hydrogen) atoms. The third-order valence-corrected chi connectivity index (χ3v) is 4.08. The van der Waals surface area contributed by atoms with E-state index in [1.54, 1.807) is 23.7 Å². The molecule has 0 bridgehead atoms. The van der Waals surface area contributed by atoms with Crippen LogP contribution in [0.1, 0.15) is 40.8 Å². The SMILES string of the molecule is CCCNC(Cc1nc(C)c(C)s1)c1ncccn1. The zero-order chi connectivity index (χ0) is 13.7. The predicted octanol–water partition coefficient (Wildman–Crippen LogP) is 2.83. The highest BCUT2D eigenvalue weighted by Gasteiger charge is 2.16. The van der Waals surface area contributed by atoms with Crippen LogP contribution < -0.4 is 5.32 Å². The molecule has 2 aromatic heterocycles. The lowest BCUT2D eigenvalue weighted by molar-refractivity contribution is 0.503. The molecule has 5 heteroatoms. The van der Waals surface area contributed by atoms with Crippen molar-refractivity contribution in [2.45, 2.75) is 39.7 Å². The minimum atomic E-state index is 0.145. The van der Waals surface area contributed by atoms with Gasteiger partial charge in [-0.1, -0.05) is 6.92 Å². The Morgan fingerprint density at radius 2 is 2.00 bits per heavy atom. The van der Waals surface area contributed by atoms with Gasteiger partial charge in [-0.2, -0.15) is 0 Å². The van der Waals surface area contributed by atoms with Crippen molar-refractivity contribution >= 4 is 11.3 Å². The monoisotopic (exact) mass is 276 g/mol. The zero-order valence-electron chi connectivity index (χ0n) is 11.7. The molecule has 102 valence electrons. The maximum absolute atomic E-state index is 4.61. The minimum absolute atomic E-state index is 0.145. The Kier molecular flexibility index (Phi) is 4.99. The van der Waals surface area contributed by atoms with Gasteiger partial charge in [0.05, 0.1) is 16.7 Å². The third kappa shape index (κ3) is 3.81. The molecule has 2 aromatic rings. The summed E-state index contributed by atoms with van der Waals surface area (Å²) >= 11 is 1.76. The van der Waals surface area contributed by atoms with Crippen molar-refractivity contribution in [3.8, 4) is 0 Å². The van der Waals surface area contributed by atoms with E-state index >= 15 is 0 Å². The second kappa shape index (κ2) is 6.73. The lowest BCUT2D eigenvalue weighted by atomic mass is 10.2. The predicted molar refractivity (Wildman–Crippen MR) is 78.4 cm³/mol. The molecule has 0 saturated carbocycles. The van der Waals surface area contributed by atoms with E-state index in [-0.39, 0.29) is 6.04 Å². The van der Waals surface area contributed by atoms with Gasteiger partial charge in [-0.3, -0.25) is 0 Å². The molecule has 2 heterocycles. The molecule has 1 N–H and O–H groups in total. The highest BCUT2D eigenvalue weighted by atomic mass is 32.1. The Balaban J connectivity index is 2.14. The molecule has 4 nitrogen and oxygen atoms in total. The number of aryl methyl sites for hydroxylation is 2. The Morgan fingerprint density at radius 1 is 1.26 bits per heavy atom. The van der Waals surface area contributed by atoms with Crippen molar-refractivity contribution in [2.75, 3.05) is 6.54 Å². The van der Waals surface area contributed by atoms with Crippen molar-refractivity contribution in [3.05, 3.63) is 39.9 Å². The van der Waals surface area contributed by atoms with E-state index in [1.807, 2.05) is 6.07 Å². The van der Waals surface area contributed by atoms with Crippen molar-refractivity contribution < 1.29 is 0 Å². The lowest BCUT2D eigenvalue weighted by Crippen LogP contribution is -2.25. The fourth-order valence-electron chi connectivity index (χ4n) is 1.86. The summed E-state index contributed by atoms with van der Waals surface area (Å²) in [6.07, 6.45) is 5.53. The first kappa shape index (κ1) is 14.1. The van der Waals surface area contributed by atoms with Crippen molar-refractivity contribution in [2.24, 2.45) is 0 Å². The highest BCUT2D eigenvalue weighted by molar-refractivity contribution is 7.11. The molecule has 1 atom stereocenters. The topological polar surface area (TPSA) is 50.7 Å². The van der Waals surface area contributed by atoms with E-state index < -0.39 is 0 Å². The van der Waals surface area contributed by atoms with Crippen LogP contribution in [-0.2, 0) is 6.42 Å². The number of hydrogen-bond acceptors (Lipinski definition) is 5. The van der Waals surface area contributed by atoms with Gasteiger partial charge < -0.3 is 5.32 Å². The van der Waals surface area contributed by atoms with E-state index in [1.165, 1.54) is 4.88 Å². The number of rotatable bonds is 6. The van der Waals surface area contributed by atoms with E-state index in [2.05, 4.69) is 41.0 Å². The Morgan fingerprint density at radius 3 is 2.58 bits per heavy atom. The average molecular weight is 276 g/mol. The summed E-state index contributed by atoms with van der Waals surface area (Å²) in [5, 5.41) is 4.65. The van der Waals surface area contributed by atoms with Crippen LogP contribution in [0.15, 0.2) is 18.5 Å². The van der Waals surface area contributed by atoms with Gasteiger partial charge >= 0.3 is 0 Å². The van der Waals surface area contributed by atoms with Crippen LogP contribution in [0.3, 0.4) is 0 Å². The van der Waals surface area contributed by atoms with Crippen LogP contribution in [0.4, 0.5) is 0 Å². The normalized spacial score (nSPS) is 12.6. The first-order chi connectivity index (χ1) is 9.20. The average Bonchev–Trinajstić information content (AvgIpc) is 2.74. The fraction of sp³-hybridized carbons (Fsp3) is 0.500. The molecule has 0 saturated heterocycles. The summed E-state index contributed by atoms with van der Waals surface area (Å²) < 4.78 is 0. The molecular formula is C14H20N4S. The molecule has 1 unspecified atom stereocenters. The lowest BCUT2D eigenvalue weighted by Gasteiger charge is -2.15. The van der Waals surface area contributed by atoms with Gasteiger partial charge in [0.1, 0.15) is 5.82 Å². The van der Waals surface area contributed by atoms with E-state index in [4.69, 9.17) is 0 Å². The molecule has 0 spiro atoms. The van der Waals surface area contributed by atoms with E-state index in [0.717, 1.165) is 35.9 Å². The Labute approximate surface area is 118 Å². The second-order valence-electron chi connectivity index (χ2n) is 4.57. The molecule has 2 rings (SSSR count). The number of thiazole rings is 1. The molecule has 0 radical (unpaired) electrons. The highest BCUT2D eigenvalue weighted by Crippen LogP contribution is 2.21. The molecule has 0 aromatic carbocycles. The van der Waals surface area contributed by atoms with E-state index in [0.29, 0.717) is 0 Å². The summed E-state index contributed by atoms with van der Waals surface area (Å²) in [6, 6.07) is 1.99. The van der Waals surface area contributed by atoms with Gasteiger partial charge in [-0.25, -0.2) is 15.0 Å². The fourth-order valence-corrected chi connectivity index (χ4v) is 2.84. The molecule has 0 aliphatic heterocycles. The summed E-state index contributed by atoms with van der Waals surface area (Å²) in [4.78, 5) is 14.6. The summed E-state index contributed by atoms with van der Waals surface area (Å²) in [7, 11) is 0. The largest absolute Gasteiger partial charge is 0.307 e. The van der Waals surface area contributed by atoms with Crippen molar-refractivity contribution in [1.82, 2.24) is 20.3 Å². The van der Waals surface area contributed by atoms with Gasteiger partial charge in [0.15, 0.2) is 0 Å². The van der Waals surface area contributed by atoms with Crippen LogP contribution in [0.2, 0.25) is 0 Å². The number of nitrogens with zero attached hydrogens (tertiary/aromatic N) is 3. The van der Waals surface area contributed by atoms with Crippen LogP contribution in [0, 0.1) is 13.8 Å². The van der Waals surface area contributed by atoms with E-state index in [9.17, 15) is 0 Å². The van der Waals surface area contributed by atoms with Gasteiger partial charge in [-0.15, -0.1) is 11.3 Å². The first-order valence-corrected chi connectivity index (χ1v) is 7.45. The summed E-state index contributed by atoms with van der Waals surface area (Å²) in [5.74, 6) is 0.849. The van der Waals surface area contributed by atoms with Crippen LogP contribution >= 0.6 is 11.3 Å². The van der Waals surface area contributed by atoms with Gasteiger partial charge in [0, 0.05) is 23.7 Å². The first-order valence-electron chi connectivity index (χ1n) is 6.64. The number of hydrogen-bond donors (Lipinski definition) is 1. The maximum Gasteiger partial charge on any atom is 0.145 e. The molecular weight excluding hydrogens is 256 g/mol. The smallest absolute Gasteiger partial charge is 0.145 e. The maximum atomic E-state index is 4.61. The van der Waals surface area contributed by atoms with Crippen molar-refractivity contribution in [1.29, 1.82) is 0 Å². The quantitative estimate of drug-likeness (QED) is 0.881. The Hall–Kier alpha value is -1.33.